The number of anilines is 1. The summed E-state index contributed by atoms with van der Waals surface area (Å²) >= 11 is 0. The third-order valence-corrected chi connectivity index (χ3v) is 2.55. The van der Waals surface area contributed by atoms with Gasteiger partial charge in [0.15, 0.2) is 0 Å². The van der Waals surface area contributed by atoms with E-state index < -0.39 is 0 Å². The van der Waals surface area contributed by atoms with Gasteiger partial charge in [0.1, 0.15) is 17.9 Å². The van der Waals surface area contributed by atoms with Crippen molar-refractivity contribution in [2.24, 2.45) is 0 Å². The quantitative estimate of drug-likeness (QED) is 0.834. The molecule has 0 aliphatic rings. The van der Waals surface area contributed by atoms with Gasteiger partial charge in [-0.25, -0.2) is 9.97 Å². The van der Waals surface area contributed by atoms with Gasteiger partial charge in [-0.05, 0) is 12.5 Å². The molecule has 0 spiro atoms. The molecule has 100 valence electrons. The van der Waals surface area contributed by atoms with E-state index in [1.54, 1.807) is 18.2 Å². The second kappa shape index (κ2) is 6.58. The normalized spacial score (nSPS) is 10.2. The molecule has 2 aromatic rings. The summed E-state index contributed by atoms with van der Waals surface area (Å²) in [6.45, 7) is 3.17. The van der Waals surface area contributed by atoms with Gasteiger partial charge >= 0.3 is 0 Å². The molecule has 0 aliphatic carbocycles. The van der Waals surface area contributed by atoms with E-state index in [1.165, 1.54) is 6.33 Å². The van der Waals surface area contributed by atoms with Gasteiger partial charge in [0.2, 0.25) is 5.88 Å². The number of nitrogens with one attached hydrogen (secondary N) is 1. The number of para-hydroxylation sites is 1. The summed E-state index contributed by atoms with van der Waals surface area (Å²) in [6.07, 6.45) is 2.39. The van der Waals surface area contributed by atoms with Gasteiger partial charge < -0.3 is 15.2 Å². The zero-order valence-electron chi connectivity index (χ0n) is 10.8. The minimum atomic E-state index is 0.270. The number of hydrogen-bond acceptors (Lipinski definition) is 5. The number of aromatic hydroxyl groups is 1. The van der Waals surface area contributed by atoms with E-state index in [9.17, 15) is 5.11 Å². The zero-order chi connectivity index (χ0) is 13.5. The van der Waals surface area contributed by atoms with Crippen LogP contribution in [0, 0.1) is 0 Å². The fraction of sp³-hybridized carbons (Fsp3) is 0.286. The minimum Gasteiger partial charge on any atom is -0.508 e. The average Bonchev–Trinajstić information content (AvgIpc) is 2.45. The summed E-state index contributed by atoms with van der Waals surface area (Å²) in [4.78, 5) is 8.14. The van der Waals surface area contributed by atoms with E-state index >= 15 is 0 Å². The van der Waals surface area contributed by atoms with Gasteiger partial charge in [-0.2, -0.15) is 0 Å². The summed E-state index contributed by atoms with van der Waals surface area (Å²) in [5.41, 5.74) is 0.817. The molecule has 1 aromatic heterocycles. The Balaban J connectivity index is 1.98. The molecule has 0 bridgehead atoms. The van der Waals surface area contributed by atoms with Gasteiger partial charge in [0.05, 0.1) is 6.61 Å². The van der Waals surface area contributed by atoms with Crippen LogP contribution in [0.2, 0.25) is 0 Å². The van der Waals surface area contributed by atoms with E-state index in [0.29, 0.717) is 24.8 Å². The Morgan fingerprint density at radius 1 is 1.26 bits per heavy atom. The van der Waals surface area contributed by atoms with E-state index in [-0.39, 0.29) is 5.75 Å². The second-order valence-electron chi connectivity index (χ2n) is 4.07. The van der Waals surface area contributed by atoms with Crippen molar-refractivity contribution >= 4 is 5.82 Å². The Hall–Kier alpha value is -2.30. The van der Waals surface area contributed by atoms with Crippen molar-refractivity contribution in [2.75, 3.05) is 11.9 Å². The van der Waals surface area contributed by atoms with Crippen LogP contribution in [0.3, 0.4) is 0 Å². The Labute approximate surface area is 112 Å². The molecule has 5 nitrogen and oxygen atoms in total. The monoisotopic (exact) mass is 259 g/mol. The maximum Gasteiger partial charge on any atom is 0.218 e. The number of phenolic OH excluding ortho intramolecular Hbond substituents is 1. The highest BCUT2D eigenvalue weighted by Crippen LogP contribution is 2.18. The highest BCUT2D eigenvalue weighted by Gasteiger charge is 2.02. The maximum absolute atomic E-state index is 9.66. The lowest BCUT2D eigenvalue weighted by Crippen LogP contribution is -2.03. The highest BCUT2D eigenvalue weighted by molar-refractivity contribution is 5.40. The number of benzene rings is 1. The van der Waals surface area contributed by atoms with Crippen molar-refractivity contribution in [3.05, 3.63) is 42.2 Å². The molecule has 0 aliphatic heterocycles. The fourth-order valence-electron chi connectivity index (χ4n) is 1.57. The standard InChI is InChI=1S/C14H17N3O2/c1-2-7-19-14-8-13(16-10-17-14)15-9-11-5-3-4-6-12(11)18/h3-6,8,10,18H,2,7,9H2,1H3,(H,15,16,17). The summed E-state index contributed by atoms with van der Waals surface area (Å²) in [5, 5.41) is 12.8. The molecule has 1 aromatic carbocycles. The number of ether oxygens (including phenoxy) is 1. The van der Waals surface area contributed by atoms with Crippen LogP contribution in [-0.2, 0) is 6.54 Å². The van der Waals surface area contributed by atoms with Gasteiger partial charge in [-0.3, -0.25) is 0 Å². The van der Waals surface area contributed by atoms with Crippen LogP contribution < -0.4 is 10.1 Å². The maximum atomic E-state index is 9.66. The predicted octanol–water partition coefficient (Wildman–Crippen LogP) is 2.58. The molecular weight excluding hydrogens is 242 g/mol. The third-order valence-electron chi connectivity index (χ3n) is 2.55. The first-order valence-corrected chi connectivity index (χ1v) is 6.25. The number of nitrogens with zero attached hydrogens (tertiary/aromatic N) is 2. The van der Waals surface area contributed by atoms with Crippen molar-refractivity contribution < 1.29 is 9.84 Å². The van der Waals surface area contributed by atoms with Crippen LogP contribution in [0.25, 0.3) is 0 Å². The molecule has 0 saturated heterocycles. The number of rotatable bonds is 6. The predicted molar refractivity (Wildman–Crippen MR) is 73.3 cm³/mol. The zero-order valence-corrected chi connectivity index (χ0v) is 10.8. The summed E-state index contributed by atoms with van der Waals surface area (Å²) in [6, 6.07) is 8.94. The summed E-state index contributed by atoms with van der Waals surface area (Å²) in [5.74, 6) is 1.49. The van der Waals surface area contributed by atoms with Crippen LogP contribution in [0.5, 0.6) is 11.6 Å². The molecule has 0 atom stereocenters. The Kier molecular flexibility index (Phi) is 4.55. The molecule has 2 rings (SSSR count). The van der Waals surface area contributed by atoms with Crippen molar-refractivity contribution in [1.82, 2.24) is 9.97 Å². The highest BCUT2D eigenvalue weighted by atomic mass is 16.5. The van der Waals surface area contributed by atoms with Crippen molar-refractivity contribution in [3.8, 4) is 11.6 Å². The SMILES string of the molecule is CCCOc1cc(NCc2ccccc2O)ncn1. The van der Waals surface area contributed by atoms with E-state index in [2.05, 4.69) is 15.3 Å². The van der Waals surface area contributed by atoms with Crippen molar-refractivity contribution in [1.29, 1.82) is 0 Å². The molecule has 1 heterocycles. The molecule has 0 fully saturated rings. The number of hydrogen-bond donors (Lipinski definition) is 2. The molecule has 0 amide bonds. The fourth-order valence-corrected chi connectivity index (χ4v) is 1.57. The van der Waals surface area contributed by atoms with Gasteiger partial charge in [0.25, 0.3) is 0 Å². The van der Waals surface area contributed by atoms with Gasteiger partial charge in [-0.1, -0.05) is 25.1 Å². The Morgan fingerprint density at radius 2 is 2.11 bits per heavy atom. The van der Waals surface area contributed by atoms with Crippen LogP contribution >= 0.6 is 0 Å². The molecule has 0 radical (unpaired) electrons. The lowest BCUT2D eigenvalue weighted by molar-refractivity contribution is 0.305. The molecule has 5 heteroatoms. The van der Waals surface area contributed by atoms with Gasteiger partial charge in [0, 0.05) is 18.2 Å². The van der Waals surface area contributed by atoms with E-state index in [1.807, 2.05) is 19.1 Å². The largest absolute Gasteiger partial charge is 0.508 e. The molecule has 0 saturated carbocycles. The number of aromatic nitrogens is 2. The van der Waals surface area contributed by atoms with Crippen LogP contribution in [-0.4, -0.2) is 21.7 Å². The first-order chi connectivity index (χ1) is 9.29. The molecular formula is C14H17N3O2. The van der Waals surface area contributed by atoms with Crippen molar-refractivity contribution in [3.63, 3.8) is 0 Å². The smallest absolute Gasteiger partial charge is 0.218 e. The van der Waals surface area contributed by atoms with Gasteiger partial charge in [-0.15, -0.1) is 0 Å². The lowest BCUT2D eigenvalue weighted by Gasteiger charge is -2.08. The molecule has 0 unspecified atom stereocenters. The minimum absolute atomic E-state index is 0.270. The molecule has 2 N–H and O–H groups in total. The first-order valence-electron chi connectivity index (χ1n) is 6.25. The topological polar surface area (TPSA) is 67.3 Å². The van der Waals surface area contributed by atoms with Crippen LogP contribution in [0.1, 0.15) is 18.9 Å². The van der Waals surface area contributed by atoms with E-state index in [4.69, 9.17) is 4.74 Å². The lowest BCUT2D eigenvalue weighted by atomic mass is 10.2. The average molecular weight is 259 g/mol. The van der Waals surface area contributed by atoms with Crippen molar-refractivity contribution in [2.45, 2.75) is 19.9 Å². The Bertz CT molecular complexity index is 532. The second-order valence-corrected chi connectivity index (χ2v) is 4.07. The van der Waals surface area contributed by atoms with E-state index in [0.717, 1.165) is 12.0 Å². The number of phenols is 1. The third kappa shape index (κ3) is 3.84. The Morgan fingerprint density at radius 3 is 2.89 bits per heavy atom. The van der Waals surface area contributed by atoms with Crippen LogP contribution in [0.4, 0.5) is 5.82 Å². The molecule has 19 heavy (non-hydrogen) atoms. The summed E-state index contributed by atoms with van der Waals surface area (Å²) < 4.78 is 5.43. The van der Waals surface area contributed by atoms with Crippen LogP contribution in [0.15, 0.2) is 36.7 Å². The first kappa shape index (κ1) is 13.1. The summed E-state index contributed by atoms with van der Waals surface area (Å²) in [7, 11) is 0.